The van der Waals surface area contributed by atoms with Crippen LogP contribution >= 0.6 is 0 Å². The molecule has 1 aliphatic heterocycles. The van der Waals surface area contributed by atoms with E-state index in [-0.39, 0.29) is 18.5 Å². The van der Waals surface area contributed by atoms with E-state index < -0.39 is 11.5 Å². The number of nitrogens with zero attached hydrogens (tertiary/aromatic N) is 1. The average molecular weight is 242 g/mol. The molecule has 1 heterocycles. The first-order valence-electron chi connectivity index (χ1n) is 6.21. The normalized spacial score (nSPS) is 24.0. The smallest absolute Gasteiger partial charge is 0.323 e. The van der Waals surface area contributed by atoms with Crippen LogP contribution in [0.4, 0.5) is 0 Å². The summed E-state index contributed by atoms with van der Waals surface area (Å²) in [4.78, 5) is 24.7. The van der Waals surface area contributed by atoms with Gasteiger partial charge in [0.1, 0.15) is 6.54 Å². The fraction of sp³-hybridized carbons (Fsp3) is 0.833. The first-order valence-corrected chi connectivity index (χ1v) is 6.21. The van der Waals surface area contributed by atoms with Crippen molar-refractivity contribution < 1.29 is 14.7 Å². The van der Waals surface area contributed by atoms with E-state index in [1.54, 1.807) is 0 Å². The summed E-state index contributed by atoms with van der Waals surface area (Å²) in [5.74, 6) is -1.04. The molecule has 1 atom stereocenters. The second kappa shape index (κ2) is 5.49. The van der Waals surface area contributed by atoms with Crippen LogP contribution in [-0.4, -0.2) is 46.6 Å². The van der Waals surface area contributed by atoms with Crippen molar-refractivity contribution in [3.8, 4) is 0 Å². The second-order valence-electron chi connectivity index (χ2n) is 4.89. The molecule has 5 heteroatoms. The lowest BCUT2D eigenvalue weighted by molar-refractivity contribution is -0.149. The van der Waals surface area contributed by atoms with Crippen molar-refractivity contribution in [2.45, 2.75) is 51.6 Å². The lowest BCUT2D eigenvalue weighted by Crippen LogP contribution is -2.57. The molecule has 1 aliphatic rings. The zero-order valence-corrected chi connectivity index (χ0v) is 10.8. The van der Waals surface area contributed by atoms with Gasteiger partial charge in [-0.1, -0.05) is 6.92 Å². The van der Waals surface area contributed by atoms with Crippen LogP contribution in [0, 0.1) is 0 Å². The number of rotatable bonds is 5. The molecule has 1 saturated heterocycles. The number of nitrogens with one attached hydrogen (secondary N) is 1. The number of aliphatic carboxylic acids is 1. The van der Waals surface area contributed by atoms with E-state index in [1.165, 1.54) is 4.90 Å². The van der Waals surface area contributed by atoms with Crippen molar-refractivity contribution in [1.82, 2.24) is 10.2 Å². The Morgan fingerprint density at radius 2 is 2.12 bits per heavy atom. The van der Waals surface area contributed by atoms with Gasteiger partial charge in [0.05, 0.1) is 5.54 Å². The third-order valence-corrected chi connectivity index (χ3v) is 3.45. The molecule has 98 valence electrons. The Morgan fingerprint density at radius 1 is 1.47 bits per heavy atom. The highest BCUT2D eigenvalue weighted by Gasteiger charge is 2.42. The molecular formula is C12H22N2O3. The maximum absolute atomic E-state index is 12.5. The predicted molar refractivity (Wildman–Crippen MR) is 64.7 cm³/mol. The van der Waals surface area contributed by atoms with Gasteiger partial charge in [0, 0.05) is 6.04 Å². The number of hydrogen-bond acceptors (Lipinski definition) is 3. The van der Waals surface area contributed by atoms with Crippen LogP contribution in [0.1, 0.15) is 40.0 Å². The molecule has 0 bridgehead atoms. The summed E-state index contributed by atoms with van der Waals surface area (Å²) in [6.07, 6.45) is 2.47. The Morgan fingerprint density at radius 3 is 2.47 bits per heavy atom. The number of carboxylic acid groups (broad SMARTS) is 1. The van der Waals surface area contributed by atoms with E-state index >= 15 is 0 Å². The Hall–Kier alpha value is -1.10. The molecule has 0 saturated carbocycles. The van der Waals surface area contributed by atoms with Crippen LogP contribution in [0.3, 0.4) is 0 Å². The summed E-state index contributed by atoms with van der Waals surface area (Å²) in [5, 5.41) is 12.1. The lowest BCUT2D eigenvalue weighted by atomic mass is 9.92. The highest BCUT2D eigenvalue weighted by molar-refractivity contribution is 5.89. The quantitative estimate of drug-likeness (QED) is 0.749. The molecule has 0 radical (unpaired) electrons. The van der Waals surface area contributed by atoms with Gasteiger partial charge in [-0.15, -0.1) is 0 Å². The topological polar surface area (TPSA) is 69.6 Å². The van der Waals surface area contributed by atoms with E-state index in [4.69, 9.17) is 5.11 Å². The van der Waals surface area contributed by atoms with Gasteiger partial charge in [-0.05, 0) is 39.7 Å². The van der Waals surface area contributed by atoms with E-state index in [9.17, 15) is 9.59 Å². The molecule has 1 amide bonds. The average Bonchev–Trinajstić information content (AvgIpc) is 2.74. The minimum Gasteiger partial charge on any atom is -0.480 e. The zero-order chi connectivity index (χ0) is 13.1. The van der Waals surface area contributed by atoms with E-state index in [0.29, 0.717) is 6.42 Å². The zero-order valence-electron chi connectivity index (χ0n) is 10.8. The highest BCUT2D eigenvalue weighted by atomic mass is 16.4. The molecule has 1 rings (SSSR count). The molecule has 1 unspecified atom stereocenters. The summed E-state index contributed by atoms with van der Waals surface area (Å²) in [6.45, 7) is 6.27. The summed E-state index contributed by atoms with van der Waals surface area (Å²) in [6, 6.07) is -0.0931. The minimum atomic E-state index is -0.962. The highest BCUT2D eigenvalue weighted by Crippen LogP contribution is 2.26. The molecule has 1 fully saturated rings. The van der Waals surface area contributed by atoms with Gasteiger partial charge in [-0.3, -0.25) is 9.59 Å². The third kappa shape index (κ3) is 2.97. The number of amides is 1. The molecule has 0 aromatic heterocycles. The van der Waals surface area contributed by atoms with Gasteiger partial charge < -0.3 is 15.3 Å². The Balaban J connectivity index is 2.86. The molecule has 0 aromatic rings. The largest absolute Gasteiger partial charge is 0.480 e. The van der Waals surface area contributed by atoms with E-state index in [0.717, 1.165) is 19.4 Å². The fourth-order valence-corrected chi connectivity index (χ4v) is 2.35. The number of carbonyl (C=O) groups is 2. The molecule has 0 aromatic carbocycles. The first kappa shape index (κ1) is 14.0. The van der Waals surface area contributed by atoms with Crippen LogP contribution in [0.15, 0.2) is 0 Å². The molecular weight excluding hydrogens is 220 g/mol. The summed E-state index contributed by atoms with van der Waals surface area (Å²) in [5.41, 5.74) is -0.542. The summed E-state index contributed by atoms with van der Waals surface area (Å²) >= 11 is 0. The van der Waals surface area contributed by atoms with Gasteiger partial charge in [0.15, 0.2) is 0 Å². The van der Waals surface area contributed by atoms with Crippen LogP contribution in [0.2, 0.25) is 0 Å². The van der Waals surface area contributed by atoms with Crippen molar-refractivity contribution in [3.05, 3.63) is 0 Å². The van der Waals surface area contributed by atoms with Crippen LogP contribution in [-0.2, 0) is 9.59 Å². The van der Waals surface area contributed by atoms with Crippen molar-refractivity contribution in [3.63, 3.8) is 0 Å². The summed E-state index contributed by atoms with van der Waals surface area (Å²) < 4.78 is 0. The first-order chi connectivity index (χ1) is 7.93. The van der Waals surface area contributed by atoms with Crippen LogP contribution in [0.25, 0.3) is 0 Å². The Kier molecular flexibility index (Phi) is 4.51. The van der Waals surface area contributed by atoms with Gasteiger partial charge >= 0.3 is 5.97 Å². The monoisotopic (exact) mass is 242 g/mol. The fourth-order valence-electron chi connectivity index (χ4n) is 2.35. The van der Waals surface area contributed by atoms with Gasteiger partial charge in [-0.25, -0.2) is 0 Å². The molecule has 17 heavy (non-hydrogen) atoms. The van der Waals surface area contributed by atoms with Crippen molar-refractivity contribution in [2.75, 3.05) is 13.1 Å². The second-order valence-corrected chi connectivity index (χ2v) is 4.89. The predicted octanol–water partition coefficient (Wildman–Crippen LogP) is 0.840. The van der Waals surface area contributed by atoms with Crippen molar-refractivity contribution >= 4 is 11.9 Å². The number of hydrogen-bond donors (Lipinski definition) is 2. The van der Waals surface area contributed by atoms with Crippen molar-refractivity contribution in [1.29, 1.82) is 0 Å². The Labute approximate surface area is 102 Å². The number of carbonyl (C=O) groups excluding carboxylic acids is 1. The maximum atomic E-state index is 12.5. The SMILES string of the molecule is CCC1(C(=O)N(CC(=O)O)C(C)C)CCCN1. The van der Waals surface area contributed by atoms with Crippen LogP contribution in [0.5, 0.6) is 0 Å². The number of carboxylic acids is 1. The lowest BCUT2D eigenvalue weighted by Gasteiger charge is -2.35. The minimum absolute atomic E-state index is 0.0742. The van der Waals surface area contributed by atoms with Gasteiger partial charge in [0.25, 0.3) is 0 Å². The molecule has 0 aliphatic carbocycles. The van der Waals surface area contributed by atoms with E-state index in [2.05, 4.69) is 5.32 Å². The summed E-state index contributed by atoms with van der Waals surface area (Å²) in [7, 11) is 0. The van der Waals surface area contributed by atoms with Crippen LogP contribution < -0.4 is 5.32 Å². The third-order valence-electron chi connectivity index (χ3n) is 3.45. The van der Waals surface area contributed by atoms with Gasteiger partial charge in [-0.2, -0.15) is 0 Å². The molecule has 2 N–H and O–H groups in total. The maximum Gasteiger partial charge on any atom is 0.323 e. The molecule has 0 spiro atoms. The van der Waals surface area contributed by atoms with E-state index in [1.807, 2.05) is 20.8 Å². The molecule has 5 nitrogen and oxygen atoms in total. The standard InChI is InChI=1S/C12H22N2O3/c1-4-12(6-5-7-13-12)11(17)14(9(2)3)8-10(15)16/h9,13H,4-8H2,1-3H3,(H,15,16). The Bertz CT molecular complexity index is 296. The van der Waals surface area contributed by atoms with Crippen molar-refractivity contribution in [2.24, 2.45) is 0 Å². The van der Waals surface area contributed by atoms with Gasteiger partial charge in [0.2, 0.25) is 5.91 Å².